The Bertz CT molecular complexity index is 1120. The Kier molecular flexibility index (Phi) is 9.04. The van der Waals surface area contributed by atoms with E-state index in [2.05, 4.69) is 0 Å². The van der Waals surface area contributed by atoms with Gasteiger partial charge in [-0.05, 0) is 72.2 Å². The molecule has 4 aromatic rings. The van der Waals surface area contributed by atoms with Crippen molar-refractivity contribution in [1.82, 2.24) is 0 Å². The molecular formula is C32H30O4. The minimum Gasteiger partial charge on any atom is -0.494 e. The third kappa shape index (κ3) is 7.16. The summed E-state index contributed by atoms with van der Waals surface area (Å²) in [6, 6.07) is 31.2. The van der Waals surface area contributed by atoms with E-state index in [1.165, 1.54) is 0 Å². The van der Waals surface area contributed by atoms with Crippen molar-refractivity contribution in [3.63, 3.8) is 0 Å². The van der Waals surface area contributed by atoms with Gasteiger partial charge in [0.1, 0.15) is 24.1 Å². The van der Waals surface area contributed by atoms with E-state index in [9.17, 15) is 9.59 Å². The van der Waals surface area contributed by atoms with Crippen LogP contribution >= 0.6 is 0 Å². The molecule has 0 aliphatic carbocycles. The lowest BCUT2D eigenvalue weighted by molar-refractivity contribution is 0.111. The van der Waals surface area contributed by atoms with Crippen LogP contribution in [0.15, 0.2) is 97.1 Å². The molecule has 0 atom stereocenters. The molecule has 0 N–H and O–H groups in total. The first-order valence-corrected chi connectivity index (χ1v) is 12.3. The molecule has 0 aromatic heterocycles. The van der Waals surface area contributed by atoms with Crippen molar-refractivity contribution in [2.24, 2.45) is 0 Å². The Hall–Kier alpha value is -4.18. The number of carbonyl (C=O) groups is 2. The summed E-state index contributed by atoms with van der Waals surface area (Å²) in [5, 5.41) is 0. The SMILES string of the molecule is O=Cc1ccc(-c2ccc(OCCCCCCOc3ccc(-c4ccc(C=O)cc4)cc3)cc2)cc1. The van der Waals surface area contributed by atoms with E-state index in [1.807, 2.05) is 97.1 Å². The molecule has 0 aliphatic heterocycles. The molecule has 182 valence electrons. The zero-order valence-electron chi connectivity index (χ0n) is 20.3. The number of aldehydes is 2. The van der Waals surface area contributed by atoms with Gasteiger partial charge in [0.25, 0.3) is 0 Å². The van der Waals surface area contributed by atoms with E-state index in [-0.39, 0.29) is 0 Å². The van der Waals surface area contributed by atoms with E-state index in [0.717, 1.165) is 72.0 Å². The third-order valence-corrected chi connectivity index (χ3v) is 6.04. The Morgan fingerprint density at radius 2 is 0.722 bits per heavy atom. The number of rotatable bonds is 13. The highest BCUT2D eigenvalue weighted by Gasteiger charge is 2.02. The Balaban J connectivity index is 1.09. The van der Waals surface area contributed by atoms with Gasteiger partial charge in [-0.2, -0.15) is 0 Å². The zero-order valence-corrected chi connectivity index (χ0v) is 20.3. The average molecular weight is 479 g/mol. The second kappa shape index (κ2) is 13.1. The molecule has 0 saturated carbocycles. The van der Waals surface area contributed by atoms with Crippen molar-refractivity contribution < 1.29 is 19.1 Å². The molecule has 0 saturated heterocycles. The van der Waals surface area contributed by atoms with Crippen molar-refractivity contribution in [2.45, 2.75) is 25.7 Å². The summed E-state index contributed by atoms with van der Waals surface area (Å²) in [5.41, 5.74) is 5.72. The van der Waals surface area contributed by atoms with Gasteiger partial charge in [-0.15, -0.1) is 0 Å². The van der Waals surface area contributed by atoms with E-state index < -0.39 is 0 Å². The van der Waals surface area contributed by atoms with Gasteiger partial charge in [0.15, 0.2) is 0 Å². The predicted octanol–water partition coefficient (Wildman–Crippen LogP) is 7.66. The number of ether oxygens (including phenoxy) is 2. The van der Waals surface area contributed by atoms with Crippen LogP contribution in [0.25, 0.3) is 22.3 Å². The van der Waals surface area contributed by atoms with Crippen LogP contribution in [0, 0.1) is 0 Å². The number of unbranched alkanes of at least 4 members (excludes halogenated alkanes) is 3. The summed E-state index contributed by atoms with van der Waals surface area (Å²) in [6.07, 6.45) is 5.91. The van der Waals surface area contributed by atoms with Crippen LogP contribution in [-0.2, 0) is 0 Å². The molecule has 0 spiro atoms. The van der Waals surface area contributed by atoms with Gasteiger partial charge in [0.2, 0.25) is 0 Å². The second-order valence-electron chi connectivity index (χ2n) is 8.64. The van der Waals surface area contributed by atoms with Gasteiger partial charge in [-0.25, -0.2) is 0 Å². The lowest BCUT2D eigenvalue weighted by atomic mass is 10.0. The van der Waals surface area contributed by atoms with Crippen LogP contribution in [0.1, 0.15) is 46.4 Å². The van der Waals surface area contributed by atoms with Gasteiger partial charge in [-0.1, -0.05) is 72.8 Å². The molecule has 0 aliphatic rings. The number of benzene rings is 4. The van der Waals surface area contributed by atoms with Gasteiger partial charge in [0, 0.05) is 11.1 Å². The van der Waals surface area contributed by atoms with E-state index in [0.29, 0.717) is 24.3 Å². The fourth-order valence-electron chi connectivity index (χ4n) is 3.93. The summed E-state index contributed by atoms with van der Waals surface area (Å²) < 4.78 is 11.8. The predicted molar refractivity (Wildman–Crippen MR) is 144 cm³/mol. The first-order chi connectivity index (χ1) is 17.7. The third-order valence-electron chi connectivity index (χ3n) is 6.04. The lowest BCUT2D eigenvalue weighted by Gasteiger charge is -2.09. The van der Waals surface area contributed by atoms with Crippen molar-refractivity contribution in [3.8, 4) is 33.8 Å². The largest absolute Gasteiger partial charge is 0.494 e. The molecule has 0 unspecified atom stereocenters. The fourth-order valence-corrected chi connectivity index (χ4v) is 3.93. The summed E-state index contributed by atoms with van der Waals surface area (Å²) in [4.78, 5) is 21.6. The quantitative estimate of drug-likeness (QED) is 0.146. The fraction of sp³-hybridized carbons (Fsp3) is 0.188. The molecular weight excluding hydrogens is 448 g/mol. The smallest absolute Gasteiger partial charge is 0.150 e. The highest BCUT2D eigenvalue weighted by atomic mass is 16.5. The maximum absolute atomic E-state index is 10.8. The highest BCUT2D eigenvalue weighted by molar-refractivity contribution is 5.77. The normalized spacial score (nSPS) is 10.6. The van der Waals surface area contributed by atoms with Gasteiger partial charge < -0.3 is 9.47 Å². The summed E-state index contributed by atoms with van der Waals surface area (Å²) >= 11 is 0. The molecule has 4 aromatic carbocycles. The topological polar surface area (TPSA) is 52.6 Å². The Morgan fingerprint density at radius 1 is 0.417 bits per heavy atom. The number of carbonyl (C=O) groups excluding carboxylic acids is 2. The van der Waals surface area contributed by atoms with Crippen molar-refractivity contribution in [1.29, 1.82) is 0 Å². The first kappa shape index (κ1) is 24.9. The monoisotopic (exact) mass is 478 g/mol. The first-order valence-electron chi connectivity index (χ1n) is 12.3. The van der Waals surface area contributed by atoms with Crippen LogP contribution in [0.5, 0.6) is 11.5 Å². The Morgan fingerprint density at radius 3 is 1.03 bits per heavy atom. The van der Waals surface area contributed by atoms with Crippen LogP contribution in [0.3, 0.4) is 0 Å². The zero-order chi connectivity index (χ0) is 25.0. The maximum Gasteiger partial charge on any atom is 0.150 e. The minimum atomic E-state index is 0.680. The maximum atomic E-state index is 10.8. The molecule has 4 rings (SSSR count). The second-order valence-corrected chi connectivity index (χ2v) is 8.64. The lowest BCUT2D eigenvalue weighted by Crippen LogP contribution is -2.00. The van der Waals surface area contributed by atoms with Crippen LogP contribution in [-0.4, -0.2) is 25.8 Å². The van der Waals surface area contributed by atoms with Gasteiger partial charge in [0.05, 0.1) is 13.2 Å². The highest BCUT2D eigenvalue weighted by Crippen LogP contribution is 2.24. The van der Waals surface area contributed by atoms with E-state index in [1.54, 1.807) is 0 Å². The Labute approximate surface area is 212 Å². The average Bonchev–Trinajstić information content (AvgIpc) is 2.95. The molecule has 0 amide bonds. The molecule has 0 heterocycles. The van der Waals surface area contributed by atoms with Crippen LogP contribution < -0.4 is 9.47 Å². The molecule has 36 heavy (non-hydrogen) atoms. The summed E-state index contributed by atoms with van der Waals surface area (Å²) in [7, 11) is 0. The van der Waals surface area contributed by atoms with Crippen molar-refractivity contribution in [3.05, 3.63) is 108 Å². The number of hydrogen-bond donors (Lipinski definition) is 0. The van der Waals surface area contributed by atoms with E-state index in [4.69, 9.17) is 9.47 Å². The van der Waals surface area contributed by atoms with Crippen LogP contribution in [0.4, 0.5) is 0 Å². The molecule has 4 nitrogen and oxygen atoms in total. The van der Waals surface area contributed by atoms with Crippen molar-refractivity contribution >= 4 is 12.6 Å². The summed E-state index contributed by atoms with van der Waals surface area (Å²) in [6.45, 7) is 1.40. The molecule has 0 fully saturated rings. The van der Waals surface area contributed by atoms with Gasteiger partial charge in [-0.3, -0.25) is 9.59 Å². The van der Waals surface area contributed by atoms with Crippen molar-refractivity contribution in [2.75, 3.05) is 13.2 Å². The van der Waals surface area contributed by atoms with E-state index >= 15 is 0 Å². The standard InChI is InChI=1S/C32H30O4/c33-23-25-5-9-27(10-6-25)29-13-17-31(18-14-29)35-21-3-1-2-4-22-36-32-19-15-30(16-20-32)28-11-7-26(24-34)8-12-28/h5-20,23-24H,1-4,21-22H2. The van der Waals surface area contributed by atoms with Gasteiger partial charge >= 0.3 is 0 Å². The van der Waals surface area contributed by atoms with Crippen LogP contribution in [0.2, 0.25) is 0 Å². The minimum absolute atomic E-state index is 0.680. The molecule has 4 heteroatoms. The summed E-state index contributed by atoms with van der Waals surface area (Å²) in [5.74, 6) is 1.74. The molecule has 0 radical (unpaired) electrons. The number of hydrogen-bond acceptors (Lipinski definition) is 4. The molecule has 0 bridgehead atoms.